The van der Waals surface area contributed by atoms with Crippen molar-refractivity contribution in [1.82, 2.24) is 50.0 Å². The van der Waals surface area contributed by atoms with Gasteiger partial charge >= 0.3 is 12.1 Å². The molecule has 5 aromatic rings. The number of benzene rings is 1. The van der Waals surface area contributed by atoms with Gasteiger partial charge in [-0.05, 0) is 70.1 Å². The number of nitrogens with one attached hydrogen (secondary N) is 4. The van der Waals surface area contributed by atoms with Crippen LogP contribution in [-0.4, -0.2) is 101 Å². The van der Waals surface area contributed by atoms with Crippen molar-refractivity contribution in [3.63, 3.8) is 0 Å². The highest BCUT2D eigenvalue weighted by atomic mass is 16.2. The van der Waals surface area contributed by atoms with Gasteiger partial charge in [-0.3, -0.25) is 9.59 Å². The zero-order chi connectivity index (χ0) is 43.2. The number of primary amides is 2. The summed E-state index contributed by atoms with van der Waals surface area (Å²) in [7, 11) is 0. The second-order valence-corrected chi connectivity index (χ2v) is 15.8. The van der Waals surface area contributed by atoms with Crippen molar-refractivity contribution in [2.75, 3.05) is 36.8 Å². The van der Waals surface area contributed by atoms with Crippen LogP contribution in [0.3, 0.4) is 0 Å². The summed E-state index contributed by atoms with van der Waals surface area (Å²) in [6, 6.07) is 6.50. The number of carbonyl (C=O) groups is 4. The van der Waals surface area contributed by atoms with Crippen molar-refractivity contribution in [2.24, 2.45) is 11.5 Å². The van der Waals surface area contributed by atoms with Crippen molar-refractivity contribution in [3.8, 4) is 0 Å². The fraction of sp³-hybridized carbons (Fsp3) is 0.488. The second-order valence-electron chi connectivity index (χ2n) is 15.8. The van der Waals surface area contributed by atoms with E-state index in [1.54, 1.807) is 28.0 Å². The Balaban J connectivity index is 1.05. The molecule has 0 bridgehead atoms. The highest BCUT2D eigenvalue weighted by molar-refractivity contribution is 5.96. The number of pyridine rings is 2. The fourth-order valence-corrected chi connectivity index (χ4v) is 8.53. The van der Waals surface area contributed by atoms with E-state index in [-0.39, 0.29) is 43.4 Å². The Morgan fingerprint density at radius 2 is 1.16 bits per heavy atom. The van der Waals surface area contributed by atoms with Crippen molar-refractivity contribution in [3.05, 3.63) is 70.3 Å². The van der Waals surface area contributed by atoms with Gasteiger partial charge in [0.1, 0.15) is 0 Å². The number of hydrogen-bond acceptors (Lipinski definition) is 10. The summed E-state index contributed by atoms with van der Waals surface area (Å²) < 4.78 is 3.74. The largest absolute Gasteiger partial charge is 0.381 e. The SMILES string of the molecule is CCc1nc2c(cnn2CC)c(NC2CCN(C(N)=O)CC2)c1CNC(=O)Cc1cccc(C(=O)NCc2c(CC)nc3c(cnn3CC)c2NC2CCN(C(N)=O)CC2)c1. The summed E-state index contributed by atoms with van der Waals surface area (Å²) in [5, 5.41) is 24.6. The van der Waals surface area contributed by atoms with Crippen molar-refractivity contribution in [1.29, 1.82) is 0 Å². The summed E-state index contributed by atoms with van der Waals surface area (Å²) in [6.45, 7) is 12.2. The maximum absolute atomic E-state index is 13.8. The van der Waals surface area contributed by atoms with Crippen LogP contribution in [0.1, 0.15) is 91.8 Å². The van der Waals surface area contributed by atoms with Crippen LogP contribution in [-0.2, 0) is 50.2 Å². The standard InChI is InChI=1S/C43H58N14O4/c1-5-34-30(37(32-24-48-56(7-3)39(32)52-34)50-28-12-16-54(17-13-28)42(44)60)22-46-36(58)21-26-10-9-11-27(20-26)41(59)47-23-31-35(6-2)53-40-33(25-49-57(40)8-4)38(31)51-29-14-18-55(19-15-29)43(45)61/h9-11,20,24-25,28-29H,5-8,12-19,21-23H2,1-4H3,(H2,44,60)(H2,45,61)(H,46,58)(H,47,59)(H,50,52)(H,51,53). The van der Waals surface area contributed by atoms with Gasteiger partial charge in [-0.2, -0.15) is 10.2 Å². The topological polar surface area (TPSA) is 236 Å². The maximum Gasteiger partial charge on any atom is 0.314 e. The van der Waals surface area contributed by atoms with E-state index >= 15 is 0 Å². The highest BCUT2D eigenvalue weighted by Gasteiger charge is 2.27. The third-order valence-corrected chi connectivity index (χ3v) is 12.0. The number of piperidine rings is 2. The van der Waals surface area contributed by atoms with E-state index < -0.39 is 12.1 Å². The lowest BCUT2D eigenvalue weighted by atomic mass is 10.0. The number of aryl methyl sites for hydroxylation is 4. The van der Waals surface area contributed by atoms with Gasteiger partial charge < -0.3 is 42.5 Å². The molecule has 0 saturated carbocycles. The summed E-state index contributed by atoms with van der Waals surface area (Å²) >= 11 is 0. The Morgan fingerprint density at radius 3 is 1.61 bits per heavy atom. The molecular weight excluding hydrogens is 777 g/mol. The van der Waals surface area contributed by atoms with Gasteiger partial charge in [-0.25, -0.2) is 28.9 Å². The minimum Gasteiger partial charge on any atom is -0.381 e. The smallest absolute Gasteiger partial charge is 0.314 e. The molecule has 324 valence electrons. The maximum atomic E-state index is 13.8. The second kappa shape index (κ2) is 18.9. The van der Waals surface area contributed by atoms with Gasteiger partial charge in [-0.15, -0.1) is 0 Å². The molecule has 2 aliphatic rings. The molecule has 8 N–H and O–H groups in total. The van der Waals surface area contributed by atoms with E-state index in [1.807, 2.05) is 55.5 Å². The predicted octanol–water partition coefficient (Wildman–Crippen LogP) is 4.04. The van der Waals surface area contributed by atoms with Crippen LogP contribution in [0.25, 0.3) is 22.1 Å². The summed E-state index contributed by atoms with van der Waals surface area (Å²) in [5.41, 5.74) is 19.1. The Morgan fingerprint density at radius 1 is 0.689 bits per heavy atom. The molecule has 0 aliphatic carbocycles. The number of nitrogens with zero attached hydrogens (tertiary/aromatic N) is 8. The average Bonchev–Trinajstić information content (AvgIpc) is 3.89. The molecule has 2 saturated heterocycles. The van der Waals surface area contributed by atoms with Crippen LogP contribution in [0.2, 0.25) is 0 Å². The number of fused-ring (bicyclic) bond motifs is 2. The Kier molecular flexibility index (Phi) is 13.2. The van der Waals surface area contributed by atoms with Crippen LogP contribution < -0.4 is 32.7 Å². The molecule has 2 fully saturated rings. The molecular formula is C43H58N14O4. The number of likely N-dealkylation sites (tertiary alicyclic amines) is 2. The monoisotopic (exact) mass is 834 g/mol. The lowest BCUT2D eigenvalue weighted by molar-refractivity contribution is -0.120. The summed E-state index contributed by atoms with van der Waals surface area (Å²) in [6.07, 6.45) is 7.95. The Bertz CT molecular complexity index is 2410. The molecule has 0 radical (unpaired) electrons. The van der Waals surface area contributed by atoms with E-state index in [4.69, 9.17) is 21.4 Å². The van der Waals surface area contributed by atoms with Gasteiger partial charge in [0.2, 0.25) is 5.91 Å². The molecule has 1 aromatic carbocycles. The molecule has 6 heterocycles. The Hall–Kier alpha value is -6.46. The molecule has 18 heteroatoms. The lowest BCUT2D eigenvalue weighted by Crippen LogP contribution is -2.44. The molecule has 0 atom stereocenters. The zero-order valence-electron chi connectivity index (χ0n) is 35.6. The first kappa shape index (κ1) is 42.7. The van der Waals surface area contributed by atoms with Crippen LogP contribution in [0, 0.1) is 0 Å². The molecule has 18 nitrogen and oxygen atoms in total. The third kappa shape index (κ3) is 9.32. The summed E-state index contributed by atoms with van der Waals surface area (Å²) in [4.78, 5) is 64.2. The number of amides is 6. The van der Waals surface area contributed by atoms with E-state index in [2.05, 4.69) is 31.5 Å². The van der Waals surface area contributed by atoms with E-state index in [0.717, 1.165) is 81.6 Å². The number of anilines is 2. The quantitative estimate of drug-likeness (QED) is 0.0886. The minimum atomic E-state index is -0.410. The first-order valence-corrected chi connectivity index (χ1v) is 21.5. The number of hydrogen-bond donors (Lipinski definition) is 6. The summed E-state index contributed by atoms with van der Waals surface area (Å²) in [5.74, 6) is -0.465. The number of aromatic nitrogens is 6. The van der Waals surface area contributed by atoms with Gasteiger partial charge in [0.25, 0.3) is 5.91 Å². The van der Waals surface area contributed by atoms with E-state index in [1.165, 1.54) is 0 Å². The number of rotatable bonds is 15. The zero-order valence-corrected chi connectivity index (χ0v) is 35.6. The van der Waals surface area contributed by atoms with E-state index in [9.17, 15) is 19.2 Å². The molecule has 6 amide bonds. The predicted molar refractivity (Wildman–Crippen MR) is 234 cm³/mol. The van der Waals surface area contributed by atoms with Crippen molar-refractivity contribution >= 4 is 57.3 Å². The Labute approximate surface area is 355 Å². The van der Waals surface area contributed by atoms with Gasteiger partial charge in [0.15, 0.2) is 11.3 Å². The number of urea groups is 2. The van der Waals surface area contributed by atoms with Gasteiger partial charge in [-0.1, -0.05) is 26.0 Å². The van der Waals surface area contributed by atoms with Crippen LogP contribution in [0.4, 0.5) is 21.0 Å². The molecule has 2 aliphatic heterocycles. The van der Waals surface area contributed by atoms with Crippen LogP contribution in [0.5, 0.6) is 0 Å². The van der Waals surface area contributed by atoms with Crippen molar-refractivity contribution in [2.45, 2.75) is 111 Å². The first-order valence-electron chi connectivity index (χ1n) is 21.5. The van der Waals surface area contributed by atoms with Gasteiger partial charge in [0.05, 0.1) is 41.0 Å². The first-order chi connectivity index (χ1) is 29.5. The number of nitrogens with two attached hydrogens (primary N) is 2. The molecule has 7 rings (SSSR count). The lowest BCUT2D eigenvalue weighted by Gasteiger charge is -2.32. The normalized spacial score (nSPS) is 15.0. The molecule has 4 aromatic heterocycles. The van der Waals surface area contributed by atoms with Crippen molar-refractivity contribution < 1.29 is 19.2 Å². The third-order valence-electron chi connectivity index (χ3n) is 12.0. The fourth-order valence-electron chi connectivity index (χ4n) is 8.53. The number of carbonyl (C=O) groups excluding carboxylic acids is 4. The highest BCUT2D eigenvalue weighted by Crippen LogP contribution is 2.33. The average molecular weight is 835 g/mol. The molecule has 61 heavy (non-hydrogen) atoms. The molecule has 0 spiro atoms. The molecule has 0 unspecified atom stereocenters. The van der Waals surface area contributed by atoms with E-state index in [0.29, 0.717) is 63.2 Å². The van der Waals surface area contributed by atoms with Crippen LogP contribution >= 0.6 is 0 Å². The van der Waals surface area contributed by atoms with Crippen LogP contribution in [0.15, 0.2) is 36.7 Å². The van der Waals surface area contributed by atoms with Gasteiger partial charge in [0, 0.05) is 92.5 Å². The minimum absolute atomic E-state index is 0.0744.